The molecule has 0 bridgehead atoms. The lowest BCUT2D eigenvalue weighted by atomic mass is 10.2. The molecule has 1 aliphatic rings. The largest absolute Gasteiger partial charge is 0.451 e. The number of thiophene rings is 1. The third-order valence-electron chi connectivity index (χ3n) is 5.05. The topological polar surface area (TPSA) is 81.9 Å². The summed E-state index contributed by atoms with van der Waals surface area (Å²) in [4.78, 5) is 17.0. The minimum Gasteiger partial charge on any atom is -0.423 e. The Kier molecular flexibility index (Phi) is 5.16. The third-order valence-corrected chi connectivity index (χ3v) is 6.14. The Labute approximate surface area is 184 Å². The molecule has 5 heterocycles. The summed E-state index contributed by atoms with van der Waals surface area (Å²) in [5, 5.41) is 7.98. The fraction of sp³-hybridized carbons (Fsp3) is 0.350. The van der Waals surface area contributed by atoms with Crippen LogP contribution in [0.2, 0.25) is 0 Å². The van der Waals surface area contributed by atoms with Crippen LogP contribution in [-0.4, -0.2) is 36.3 Å². The highest BCUT2D eigenvalue weighted by atomic mass is 32.1. The first-order valence-electron chi connectivity index (χ1n) is 10.0. The quantitative estimate of drug-likeness (QED) is 0.434. The van der Waals surface area contributed by atoms with Gasteiger partial charge in [0.25, 0.3) is 0 Å². The van der Waals surface area contributed by atoms with E-state index in [0.717, 1.165) is 32.5 Å². The molecule has 0 radical (unpaired) electrons. The van der Waals surface area contributed by atoms with Gasteiger partial charge in [-0.15, -0.1) is 21.5 Å². The van der Waals surface area contributed by atoms with Gasteiger partial charge in [-0.25, -0.2) is 0 Å². The van der Waals surface area contributed by atoms with Crippen LogP contribution in [0.1, 0.15) is 29.9 Å². The summed E-state index contributed by atoms with van der Waals surface area (Å²) in [6, 6.07) is 5.70. The van der Waals surface area contributed by atoms with Crippen LogP contribution in [0.4, 0.5) is 19.0 Å². The highest BCUT2D eigenvalue weighted by Gasteiger charge is 2.39. The lowest BCUT2D eigenvalue weighted by Crippen LogP contribution is -2.36. The summed E-state index contributed by atoms with van der Waals surface area (Å²) in [6.07, 6.45) is 0.552. The van der Waals surface area contributed by atoms with Crippen molar-refractivity contribution in [1.29, 1.82) is 0 Å². The van der Waals surface area contributed by atoms with Gasteiger partial charge >= 0.3 is 12.2 Å². The summed E-state index contributed by atoms with van der Waals surface area (Å²) < 4.78 is 46.5. The average Bonchev–Trinajstić information content (AvgIpc) is 3.37. The number of alkyl halides is 3. The maximum Gasteiger partial charge on any atom is 0.451 e. The van der Waals surface area contributed by atoms with E-state index in [1.807, 2.05) is 11.0 Å². The Bertz CT molecular complexity index is 1260. The molecule has 5 rings (SSSR count). The van der Waals surface area contributed by atoms with Crippen LogP contribution in [0.25, 0.3) is 10.2 Å². The SMILES string of the molecule is CCCc1cc2c(N3CCn4c(nnc4C(F)(F)F)C3)nc(Oc3cccnc3)nc2s1. The number of nitrogens with zero attached hydrogens (tertiary/aromatic N) is 7. The molecular weight excluding hydrogens is 443 g/mol. The minimum atomic E-state index is -4.54. The molecule has 0 saturated carbocycles. The summed E-state index contributed by atoms with van der Waals surface area (Å²) in [7, 11) is 0. The fourth-order valence-corrected chi connectivity index (χ4v) is 4.77. The monoisotopic (exact) mass is 461 g/mol. The smallest absolute Gasteiger partial charge is 0.423 e. The maximum atomic E-state index is 13.2. The number of rotatable bonds is 5. The van der Waals surface area contributed by atoms with Crippen molar-refractivity contribution in [2.24, 2.45) is 0 Å². The van der Waals surface area contributed by atoms with Gasteiger partial charge in [-0.3, -0.25) is 4.98 Å². The molecule has 0 spiro atoms. The van der Waals surface area contributed by atoms with Crippen molar-refractivity contribution < 1.29 is 17.9 Å². The van der Waals surface area contributed by atoms with E-state index < -0.39 is 12.0 Å². The first kappa shape index (κ1) is 20.6. The highest BCUT2D eigenvalue weighted by molar-refractivity contribution is 7.18. The van der Waals surface area contributed by atoms with Crippen molar-refractivity contribution in [3.8, 4) is 11.8 Å². The second kappa shape index (κ2) is 8.01. The molecule has 32 heavy (non-hydrogen) atoms. The number of aromatic nitrogens is 6. The molecule has 0 atom stereocenters. The first-order chi connectivity index (χ1) is 15.4. The fourth-order valence-electron chi connectivity index (χ4n) is 3.65. The van der Waals surface area contributed by atoms with Gasteiger partial charge < -0.3 is 14.2 Å². The van der Waals surface area contributed by atoms with Crippen molar-refractivity contribution in [3.05, 3.63) is 47.1 Å². The normalized spacial score (nSPS) is 14.1. The van der Waals surface area contributed by atoms with E-state index >= 15 is 0 Å². The Morgan fingerprint density at radius 3 is 2.81 bits per heavy atom. The number of hydrogen-bond donors (Lipinski definition) is 0. The molecule has 0 amide bonds. The number of hydrogen-bond acceptors (Lipinski definition) is 8. The maximum absolute atomic E-state index is 13.2. The van der Waals surface area contributed by atoms with Gasteiger partial charge in [0.05, 0.1) is 18.1 Å². The van der Waals surface area contributed by atoms with Crippen molar-refractivity contribution in [1.82, 2.24) is 29.7 Å². The van der Waals surface area contributed by atoms with Crippen LogP contribution < -0.4 is 9.64 Å². The van der Waals surface area contributed by atoms with Gasteiger partial charge in [-0.05, 0) is 24.6 Å². The Balaban J connectivity index is 1.54. The van der Waals surface area contributed by atoms with Crippen LogP contribution in [0.3, 0.4) is 0 Å². The lowest BCUT2D eigenvalue weighted by Gasteiger charge is -2.29. The van der Waals surface area contributed by atoms with Gasteiger partial charge in [0.15, 0.2) is 5.82 Å². The first-order valence-corrected chi connectivity index (χ1v) is 10.9. The van der Waals surface area contributed by atoms with E-state index in [0.29, 0.717) is 18.1 Å². The molecule has 4 aromatic rings. The summed E-state index contributed by atoms with van der Waals surface area (Å²) in [6.45, 7) is 2.68. The predicted octanol–water partition coefficient (Wildman–Crippen LogP) is 4.46. The lowest BCUT2D eigenvalue weighted by molar-refractivity contribution is -0.147. The van der Waals surface area contributed by atoms with Crippen LogP contribution in [-0.2, 0) is 25.7 Å². The molecule has 0 unspecified atom stereocenters. The van der Waals surface area contributed by atoms with Gasteiger partial charge in [0.2, 0.25) is 5.82 Å². The molecule has 0 saturated heterocycles. The summed E-state index contributed by atoms with van der Waals surface area (Å²) in [5.74, 6) is 0.377. The molecule has 8 nitrogen and oxygen atoms in total. The van der Waals surface area contributed by atoms with E-state index in [9.17, 15) is 13.2 Å². The summed E-state index contributed by atoms with van der Waals surface area (Å²) >= 11 is 1.56. The van der Waals surface area contributed by atoms with Crippen molar-refractivity contribution in [3.63, 3.8) is 0 Å². The Morgan fingerprint density at radius 2 is 2.06 bits per heavy atom. The van der Waals surface area contributed by atoms with Gasteiger partial charge in [0, 0.05) is 24.2 Å². The van der Waals surface area contributed by atoms with Gasteiger partial charge in [-0.1, -0.05) is 13.3 Å². The van der Waals surface area contributed by atoms with Gasteiger partial charge in [-0.2, -0.15) is 23.1 Å². The zero-order valence-corrected chi connectivity index (χ0v) is 17.8. The van der Waals surface area contributed by atoms with Crippen molar-refractivity contribution in [2.75, 3.05) is 11.4 Å². The molecule has 0 aliphatic carbocycles. The van der Waals surface area contributed by atoms with E-state index in [1.165, 1.54) is 0 Å². The Morgan fingerprint density at radius 1 is 1.19 bits per heavy atom. The molecule has 0 fully saturated rings. The van der Waals surface area contributed by atoms with Gasteiger partial charge in [0.1, 0.15) is 16.4 Å². The second-order valence-corrected chi connectivity index (χ2v) is 8.43. The molecule has 0 N–H and O–H groups in total. The van der Waals surface area contributed by atoms with Crippen LogP contribution in [0.15, 0.2) is 30.6 Å². The second-order valence-electron chi connectivity index (χ2n) is 7.31. The molecule has 0 aromatic carbocycles. The van der Waals surface area contributed by atoms with Crippen LogP contribution >= 0.6 is 11.3 Å². The number of aryl methyl sites for hydroxylation is 1. The van der Waals surface area contributed by atoms with E-state index in [1.54, 1.807) is 35.9 Å². The van der Waals surface area contributed by atoms with E-state index in [4.69, 9.17) is 4.74 Å². The minimum absolute atomic E-state index is 0.105. The summed E-state index contributed by atoms with van der Waals surface area (Å²) in [5.41, 5.74) is 0. The molecule has 1 aliphatic heterocycles. The van der Waals surface area contributed by atoms with E-state index in [-0.39, 0.29) is 24.9 Å². The average molecular weight is 461 g/mol. The highest BCUT2D eigenvalue weighted by Crippen LogP contribution is 2.36. The zero-order chi connectivity index (χ0) is 22.3. The number of anilines is 1. The molecule has 12 heteroatoms. The van der Waals surface area contributed by atoms with Crippen molar-refractivity contribution >= 4 is 27.4 Å². The van der Waals surface area contributed by atoms with Crippen LogP contribution in [0, 0.1) is 0 Å². The van der Waals surface area contributed by atoms with Crippen molar-refractivity contribution in [2.45, 2.75) is 39.0 Å². The number of pyridine rings is 1. The molecule has 166 valence electrons. The standard InChI is InChI=1S/C20H18F3N7OS/c1-2-4-13-9-14-16(25-19(26-17(14)32-13)31-12-5-3-6-24-10-12)29-7-8-30-15(11-29)27-28-18(30)20(21,22)23/h3,5-6,9-10H,2,4,7-8,11H2,1H3. The number of ether oxygens (including phenoxy) is 1. The number of fused-ring (bicyclic) bond motifs is 2. The third kappa shape index (κ3) is 3.85. The zero-order valence-electron chi connectivity index (χ0n) is 17.0. The van der Waals surface area contributed by atoms with Crippen LogP contribution in [0.5, 0.6) is 11.8 Å². The Hall–Kier alpha value is -3.28. The molecule has 4 aromatic heterocycles. The number of halogens is 3. The predicted molar refractivity (Wildman–Crippen MR) is 112 cm³/mol. The van der Waals surface area contributed by atoms with E-state index in [2.05, 4.69) is 32.1 Å². The molecular formula is C20H18F3N7OS.